The predicted molar refractivity (Wildman–Crippen MR) is 148 cm³/mol. The molecular formula is C32H46O7. The maximum atomic E-state index is 13.9. The molecule has 0 aromatic carbocycles. The number of esters is 1. The molecular weight excluding hydrogens is 496 g/mol. The Labute approximate surface area is 232 Å². The Balaban J connectivity index is 1.51. The summed E-state index contributed by atoms with van der Waals surface area (Å²) >= 11 is 0. The van der Waals surface area contributed by atoms with Gasteiger partial charge in [-0.25, -0.2) is 0 Å². The highest BCUT2D eigenvalue weighted by Gasteiger charge is 2.60. The van der Waals surface area contributed by atoms with Crippen LogP contribution in [0.5, 0.6) is 0 Å². The zero-order chi connectivity index (χ0) is 27.9. The Morgan fingerprint density at radius 3 is 2.72 bits per heavy atom. The maximum Gasteiger partial charge on any atom is 0.316 e. The summed E-state index contributed by atoms with van der Waals surface area (Å²) in [6, 6.07) is 0. The summed E-state index contributed by atoms with van der Waals surface area (Å²) in [5, 5.41) is 22.9. The third-order valence-electron chi connectivity index (χ3n) is 9.50. The molecule has 7 heteroatoms. The first-order valence-corrected chi connectivity index (χ1v) is 14.8. The van der Waals surface area contributed by atoms with E-state index in [2.05, 4.69) is 39.8 Å². The Morgan fingerprint density at radius 1 is 1.15 bits per heavy atom. The number of rotatable bonds is 1. The number of hydrogen-bond donors (Lipinski definition) is 2. The van der Waals surface area contributed by atoms with Gasteiger partial charge in [-0.15, -0.1) is 0 Å². The minimum atomic E-state index is -1.68. The number of hydrogen-bond acceptors (Lipinski definition) is 7. The molecule has 39 heavy (non-hydrogen) atoms. The average Bonchev–Trinajstić information content (AvgIpc) is 3.23. The lowest BCUT2D eigenvalue weighted by Gasteiger charge is -2.50. The van der Waals surface area contributed by atoms with Gasteiger partial charge in [0.15, 0.2) is 5.79 Å². The van der Waals surface area contributed by atoms with E-state index < -0.39 is 41.6 Å². The highest BCUT2D eigenvalue weighted by molar-refractivity contribution is 5.78. The third-order valence-corrected chi connectivity index (χ3v) is 9.50. The lowest BCUT2D eigenvalue weighted by atomic mass is 9.71. The zero-order valence-corrected chi connectivity index (χ0v) is 24.1. The van der Waals surface area contributed by atoms with E-state index in [1.807, 2.05) is 12.2 Å². The second-order valence-electron chi connectivity index (χ2n) is 12.7. The molecule has 0 aromatic heterocycles. The second kappa shape index (κ2) is 11.2. The van der Waals surface area contributed by atoms with E-state index in [1.165, 1.54) is 5.57 Å². The van der Waals surface area contributed by atoms with Gasteiger partial charge in [0.2, 0.25) is 0 Å². The molecule has 0 saturated carbocycles. The number of allylic oxidation sites excluding steroid dienone is 4. The summed E-state index contributed by atoms with van der Waals surface area (Å²) in [5.74, 6) is -1.52. The monoisotopic (exact) mass is 542 g/mol. The van der Waals surface area contributed by atoms with Crippen LogP contribution in [0.3, 0.4) is 0 Å². The number of ether oxygens (including phenoxy) is 4. The van der Waals surface area contributed by atoms with Crippen molar-refractivity contribution in [2.75, 3.05) is 6.61 Å². The van der Waals surface area contributed by atoms with E-state index in [9.17, 15) is 15.0 Å². The lowest BCUT2D eigenvalue weighted by molar-refractivity contribution is -0.335. The van der Waals surface area contributed by atoms with Crippen molar-refractivity contribution in [1.29, 1.82) is 0 Å². The molecule has 0 unspecified atom stereocenters. The molecule has 4 heterocycles. The van der Waals surface area contributed by atoms with E-state index in [4.69, 9.17) is 18.9 Å². The van der Waals surface area contributed by atoms with E-state index in [-0.39, 0.29) is 18.8 Å². The topological polar surface area (TPSA) is 94.5 Å². The van der Waals surface area contributed by atoms with E-state index in [1.54, 1.807) is 13.0 Å². The fraction of sp³-hybridized carbons (Fsp3) is 0.719. The van der Waals surface area contributed by atoms with Crippen LogP contribution >= 0.6 is 0 Å². The third kappa shape index (κ3) is 5.58. The summed E-state index contributed by atoms with van der Waals surface area (Å²) in [4.78, 5) is 13.9. The van der Waals surface area contributed by atoms with Crippen LogP contribution in [-0.4, -0.2) is 64.7 Å². The predicted octanol–water partition coefficient (Wildman–Crippen LogP) is 4.92. The minimum Gasteiger partial charge on any atom is -0.462 e. The van der Waals surface area contributed by atoms with Crippen LogP contribution in [0.25, 0.3) is 0 Å². The van der Waals surface area contributed by atoms with Gasteiger partial charge in [-0.2, -0.15) is 0 Å². The Kier molecular flexibility index (Phi) is 8.29. The number of carbonyl (C=O) groups excluding carboxylic acids is 1. The molecule has 4 aliphatic heterocycles. The molecule has 5 rings (SSSR count). The van der Waals surface area contributed by atoms with Crippen LogP contribution in [0.15, 0.2) is 47.1 Å². The summed E-state index contributed by atoms with van der Waals surface area (Å²) in [6.07, 6.45) is 12.8. The van der Waals surface area contributed by atoms with Crippen LogP contribution < -0.4 is 0 Å². The smallest absolute Gasteiger partial charge is 0.316 e. The SMILES string of the molecule is CC[C@@H]1O[C@@]2(CC[C@H]1C)C[C@H]1C[C@H](C/C=C(\C)C[C@H](C)/C=C/C=C3\CO[C@H]4[C@@H](O)C(C)=C[C@H](C(=O)O1)[C@@]34O)O2. The van der Waals surface area contributed by atoms with Crippen molar-refractivity contribution >= 4 is 5.97 Å². The summed E-state index contributed by atoms with van der Waals surface area (Å²) in [7, 11) is 0. The van der Waals surface area contributed by atoms with Crippen molar-refractivity contribution in [3.05, 3.63) is 47.1 Å². The highest BCUT2D eigenvalue weighted by Crippen LogP contribution is 2.47. The van der Waals surface area contributed by atoms with Crippen LogP contribution in [-0.2, 0) is 23.7 Å². The zero-order valence-electron chi connectivity index (χ0n) is 24.1. The molecule has 10 atom stereocenters. The molecule has 1 aliphatic carbocycles. The van der Waals surface area contributed by atoms with Crippen LogP contribution in [0.2, 0.25) is 0 Å². The maximum absolute atomic E-state index is 13.9. The van der Waals surface area contributed by atoms with Gasteiger partial charge in [-0.05, 0) is 62.5 Å². The van der Waals surface area contributed by atoms with Gasteiger partial charge in [0.05, 0.1) is 18.8 Å². The van der Waals surface area contributed by atoms with E-state index in [0.717, 1.165) is 32.1 Å². The molecule has 0 radical (unpaired) electrons. The molecule has 3 saturated heterocycles. The Bertz CT molecular complexity index is 1060. The number of aliphatic hydroxyl groups is 2. The van der Waals surface area contributed by atoms with Crippen molar-refractivity contribution in [2.24, 2.45) is 17.8 Å². The minimum absolute atomic E-state index is 0.104. The largest absolute Gasteiger partial charge is 0.462 e. The first kappa shape index (κ1) is 28.7. The van der Waals surface area contributed by atoms with Crippen molar-refractivity contribution < 1.29 is 34.0 Å². The fourth-order valence-electron chi connectivity index (χ4n) is 7.23. The number of aliphatic hydroxyl groups excluding tert-OH is 1. The average molecular weight is 543 g/mol. The van der Waals surface area contributed by atoms with Gasteiger partial charge >= 0.3 is 5.97 Å². The first-order valence-electron chi connectivity index (χ1n) is 14.8. The van der Waals surface area contributed by atoms with Crippen LogP contribution in [0, 0.1) is 17.8 Å². The molecule has 3 fully saturated rings. The molecule has 0 aromatic rings. The molecule has 0 amide bonds. The fourth-order valence-corrected chi connectivity index (χ4v) is 7.23. The van der Waals surface area contributed by atoms with E-state index >= 15 is 0 Å². The van der Waals surface area contributed by atoms with Gasteiger partial charge < -0.3 is 29.2 Å². The van der Waals surface area contributed by atoms with Crippen molar-refractivity contribution in [3.63, 3.8) is 0 Å². The highest BCUT2D eigenvalue weighted by atomic mass is 16.7. The molecule has 216 valence electrons. The van der Waals surface area contributed by atoms with Crippen LogP contribution in [0.4, 0.5) is 0 Å². The molecule has 2 N–H and O–H groups in total. The summed E-state index contributed by atoms with van der Waals surface area (Å²) in [6.45, 7) is 10.6. The van der Waals surface area contributed by atoms with Crippen molar-refractivity contribution in [2.45, 2.75) is 121 Å². The van der Waals surface area contributed by atoms with Gasteiger partial charge in [0.25, 0.3) is 0 Å². The second-order valence-corrected chi connectivity index (χ2v) is 12.7. The molecule has 2 bridgehead atoms. The van der Waals surface area contributed by atoms with Crippen molar-refractivity contribution in [3.8, 4) is 0 Å². The number of carbonyl (C=O) groups is 1. The first-order chi connectivity index (χ1) is 18.5. The van der Waals surface area contributed by atoms with Gasteiger partial charge in [0.1, 0.15) is 29.8 Å². The normalized spacial score (nSPS) is 48.7. The Morgan fingerprint density at radius 2 is 1.95 bits per heavy atom. The summed E-state index contributed by atoms with van der Waals surface area (Å²) < 4.78 is 25.4. The number of fused-ring (bicyclic) bond motifs is 2. The Hall–Kier alpha value is -1.77. The molecule has 5 aliphatic rings. The van der Waals surface area contributed by atoms with Gasteiger partial charge in [-0.3, -0.25) is 4.79 Å². The lowest BCUT2D eigenvalue weighted by Crippen LogP contribution is -2.58. The standard InChI is InChI=1S/C32H46O7/c1-6-27-21(4)12-13-31(39-27)17-25-16-24(38-31)11-10-20(3)14-19(2)8-7-9-23-18-36-29-28(33)22(5)15-26(30(34)37-25)32(23,29)35/h7-10,15,19,21,24-29,33,35H,6,11-14,16-18H2,1-5H3/b8-7+,20-10+,23-9+/t19-,21-,24+,25-,26-,27+,28+,29+,31+,32+/m1/s1. The summed E-state index contributed by atoms with van der Waals surface area (Å²) in [5.41, 5.74) is 0.788. The van der Waals surface area contributed by atoms with Gasteiger partial charge in [0, 0.05) is 19.3 Å². The van der Waals surface area contributed by atoms with Crippen molar-refractivity contribution in [1.82, 2.24) is 0 Å². The molecule has 1 spiro atoms. The van der Waals surface area contributed by atoms with E-state index in [0.29, 0.717) is 35.8 Å². The van der Waals surface area contributed by atoms with Gasteiger partial charge in [-0.1, -0.05) is 56.7 Å². The van der Waals surface area contributed by atoms with Crippen LogP contribution in [0.1, 0.15) is 79.6 Å². The quantitative estimate of drug-likeness (QED) is 0.359. The molecule has 7 nitrogen and oxygen atoms in total.